The third kappa shape index (κ3) is 2.90. The van der Waals surface area contributed by atoms with Gasteiger partial charge in [-0.1, -0.05) is 17.3 Å². The van der Waals surface area contributed by atoms with Gasteiger partial charge in [0.1, 0.15) is 23.8 Å². The number of hydrogen-bond acceptors (Lipinski definition) is 4. The lowest BCUT2D eigenvalue weighted by Crippen LogP contribution is -2.01. The predicted molar refractivity (Wildman–Crippen MR) is 67.4 cm³/mol. The quantitative estimate of drug-likeness (QED) is 0.902. The summed E-state index contributed by atoms with van der Waals surface area (Å²) in [5, 5.41) is 13.5. The number of ether oxygens (including phenoxy) is 1. The summed E-state index contributed by atoms with van der Waals surface area (Å²) in [5.74, 6) is 1.44. The van der Waals surface area contributed by atoms with Crippen molar-refractivity contribution >= 4 is 0 Å². The van der Waals surface area contributed by atoms with E-state index in [1.54, 1.807) is 6.92 Å². The molecule has 0 aliphatic heterocycles. The lowest BCUT2D eigenvalue weighted by atomic mass is 10.1. The summed E-state index contributed by atoms with van der Waals surface area (Å²) >= 11 is 0. The summed E-state index contributed by atoms with van der Waals surface area (Å²) in [5.41, 5.74) is 2.61. The Morgan fingerprint density at radius 2 is 2.11 bits per heavy atom. The van der Waals surface area contributed by atoms with Crippen LogP contribution >= 0.6 is 0 Å². The highest BCUT2D eigenvalue weighted by atomic mass is 16.5. The number of hydrogen-bond donors (Lipinski definition) is 1. The molecule has 18 heavy (non-hydrogen) atoms. The van der Waals surface area contributed by atoms with E-state index in [1.807, 2.05) is 38.1 Å². The maximum atomic E-state index is 9.68. The summed E-state index contributed by atoms with van der Waals surface area (Å²) in [6.07, 6.45) is -0.556. The molecule has 96 valence electrons. The van der Waals surface area contributed by atoms with Crippen LogP contribution in [-0.2, 0) is 6.61 Å². The first-order chi connectivity index (χ1) is 8.56. The van der Waals surface area contributed by atoms with Crippen molar-refractivity contribution in [1.29, 1.82) is 0 Å². The van der Waals surface area contributed by atoms with E-state index in [9.17, 15) is 5.11 Å². The van der Waals surface area contributed by atoms with E-state index in [2.05, 4.69) is 5.16 Å². The normalized spacial score (nSPS) is 12.4. The van der Waals surface area contributed by atoms with E-state index in [4.69, 9.17) is 9.26 Å². The van der Waals surface area contributed by atoms with Gasteiger partial charge < -0.3 is 14.4 Å². The van der Waals surface area contributed by atoms with Gasteiger partial charge in [-0.05, 0) is 32.4 Å². The summed E-state index contributed by atoms with van der Waals surface area (Å²) in [7, 11) is 0. The Balaban J connectivity index is 2.15. The maximum Gasteiger partial charge on any atom is 0.134 e. The molecule has 1 aromatic carbocycles. The first-order valence-corrected chi connectivity index (χ1v) is 5.90. The summed E-state index contributed by atoms with van der Waals surface area (Å²) in [4.78, 5) is 0. The lowest BCUT2D eigenvalue weighted by Gasteiger charge is -2.13. The number of aromatic nitrogens is 1. The molecule has 2 aromatic rings. The van der Waals surface area contributed by atoms with Gasteiger partial charge >= 0.3 is 0 Å². The van der Waals surface area contributed by atoms with Crippen LogP contribution in [0, 0.1) is 13.8 Å². The van der Waals surface area contributed by atoms with Gasteiger partial charge in [0.2, 0.25) is 0 Å². The van der Waals surface area contributed by atoms with Crippen molar-refractivity contribution in [2.45, 2.75) is 33.5 Å². The first kappa shape index (κ1) is 12.6. The maximum absolute atomic E-state index is 9.68. The third-order valence-electron chi connectivity index (χ3n) is 2.67. The van der Waals surface area contributed by atoms with E-state index in [-0.39, 0.29) is 0 Å². The predicted octanol–water partition coefficient (Wildman–Crippen LogP) is 2.92. The molecule has 0 aliphatic rings. The van der Waals surface area contributed by atoms with Crippen LogP contribution in [0.5, 0.6) is 5.75 Å². The first-order valence-electron chi connectivity index (χ1n) is 5.90. The zero-order valence-electron chi connectivity index (χ0n) is 10.8. The molecule has 0 spiro atoms. The molecule has 2 rings (SSSR count). The van der Waals surface area contributed by atoms with Crippen LogP contribution in [-0.4, -0.2) is 10.3 Å². The minimum absolute atomic E-state index is 0.334. The highest BCUT2D eigenvalue weighted by Crippen LogP contribution is 2.26. The number of aliphatic hydroxyl groups is 1. The fourth-order valence-electron chi connectivity index (χ4n) is 1.75. The second kappa shape index (κ2) is 5.23. The molecule has 4 nitrogen and oxygen atoms in total. The minimum Gasteiger partial charge on any atom is -0.487 e. The van der Waals surface area contributed by atoms with E-state index in [0.717, 1.165) is 22.6 Å². The fraction of sp³-hybridized carbons (Fsp3) is 0.357. The fourth-order valence-corrected chi connectivity index (χ4v) is 1.75. The Labute approximate surface area is 106 Å². The molecule has 1 aromatic heterocycles. The van der Waals surface area contributed by atoms with Gasteiger partial charge in [-0.3, -0.25) is 0 Å². The van der Waals surface area contributed by atoms with Gasteiger partial charge in [0, 0.05) is 11.6 Å². The largest absolute Gasteiger partial charge is 0.487 e. The highest BCUT2D eigenvalue weighted by Gasteiger charge is 2.10. The van der Waals surface area contributed by atoms with Crippen LogP contribution in [0.2, 0.25) is 0 Å². The molecule has 0 bridgehead atoms. The lowest BCUT2D eigenvalue weighted by molar-refractivity contribution is 0.189. The van der Waals surface area contributed by atoms with Gasteiger partial charge in [0.15, 0.2) is 0 Å². The molecule has 0 saturated carbocycles. The van der Waals surface area contributed by atoms with Gasteiger partial charge in [0.25, 0.3) is 0 Å². The molecule has 0 radical (unpaired) electrons. The standard InChI is InChI=1S/C14H17NO3/c1-9-4-5-13(11(3)16)14(6-9)17-8-12-7-10(2)18-15-12/h4-7,11,16H,8H2,1-3H3/t11-/m0/s1. The second-order valence-electron chi connectivity index (χ2n) is 4.43. The Morgan fingerprint density at radius 3 is 2.72 bits per heavy atom. The molecule has 4 heteroatoms. The van der Waals surface area contributed by atoms with Crippen LogP contribution in [0.25, 0.3) is 0 Å². The van der Waals surface area contributed by atoms with Gasteiger partial charge in [0.05, 0.1) is 6.10 Å². The van der Waals surface area contributed by atoms with Crippen LogP contribution < -0.4 is 4.74 Å². The Morgan fingerprint density at radius 1 is 1.33 bits per heavy atom. The average molecular weight is 247 g/mol. The number of nitrogens with zero attached hydrogens (tertiary/aromatic N) is 1. The highest BCUT2D eigenvalue weighted by molar-refractivity contribution is 5.38. The van der Waals surface area contributed by atoms with Crippen molar-refractivity contribution in [2.24, 2.45) is 0 Å². The summed E-state index contributed by atoms with van der Waals surface area (Å²) in [6, 6.07) is 7.57. The summed E-state index contributed by atoms with van der Waals surface area (Å²) in [6.45, 7) is 5.88. The number of aryl methyl sites for hydroxylation is 2. The SMILES string of the molecule is Cc1ccc([C@H](C)O)c(OCc2cc(C)on2)c1. The van der Waals surface area contributed by atoms with Crippen molar-refractivity contribution in [3.05, 3.63) is 46.8 Å². The van der Waals surface area contributed by atoms with E-state index >= 15 is 0 Å². The second-order valence-corrected chi connectivity index (χ2v) is 4.43. The Bertz CT molecular complexity index is 532. The van der Waals surface area contributed by atoms with Crippen LogP contribution in [0.3, 0.4) is 0 Å². The molecule has 1 N–H and O–H groups in total. The van der Waals surface area contributed by atoms with Crippen molar-refractivity contribution in [3.63, 3.8) is 0 Å². The van der Waals surface area contributed by atoms with Crippen LogP contribution in [0.15, 0.2) is 28.8 Å². The zero-order chi connectivity index (χ0) is 13.1. The molecular weight excluding hydrogens is 230 g/mol. The molecule has 0 saturated heterocycles. The van der Waals surface area contributed by atoms with Crippen molar-refractivity contribution in [2.75, 3.05) is 0 Å². The average Bonchev–Trinajstić information content (AvgIpc) is 2.72. The molecule has 1 atom stereocenters. The van der Waals surface area contributed by atoms with Crippen LogP contribution in [0.4, 0.5) is 0 Å². The number of benzene rings is 1. The van der Waals surface area contributed by atoms with E-state index in [0.29, 0.717) is 12.4 Å². The monoisotopic (exact) mass is 247 g/mol. The molecule has 0 fully saturated rings. The molecule has 0 unspecified atom stereocenters. The smallest absolute Gasteiger partial charge is 0.134 e. The third-order valence-corrected chi connectivity index (χ3v) is 2.67. The van der Waals surface area contributed by atoms with Crippen LogP contribution in [0.1, 0.15) is 35.6 Å². The van der Waals surface area contributed by atoms with Crippen molar-refractivity contribution < 1.29 is 14.4 Å². The van der Waals surface area contributed by atoms with Crippen molar-refractivity contribution in [3.8, 4) is 5.75 Å². The molecule has 0 aliphatic carbocycles. The van der Waals surface area contributed by atoms with Gasteiger partial charge in [-0.15, -0.1) is 0 Å². The van der Waals surface area contributed by atoms with Gasteiger partial charge in [-0.25, -0.2) is 0 Å². The van der Waals surface area contributed by atoms with E-state index < -0.39 is 6.10 Å². The minimum atomic E-state index is -0.556. The number of rotatable bonds is 4. The topological polar surface area (TPSA) is 55.5 Å². The molecular formula is C14H17NO3. The number of aliphatic hydroxyl groups excluding tert-OH is 1. The Hall–Kier alpha value is -1.81. The molecule has 0 amide bonds. The molecule has 1 heterocycles. The summed E-state index contributed by atoms with van der Waals surface area (Å²) < 4.78 is 10.7. The zero-order valence-corrected chi connectivity index (χ0v) is 10.8. The Kier molecular flexibility index (Phi) is 3.67. The van der Waals surface area contributed by atoms with Crippen molar-refractivity contribution in [1.82, 2.24) is 5.16 Å². The van der Waals surface area contributed by atoms with E-state index in [1.165, 1.54) is 0 Å². The van der Waals surface area contributed by atoms with Gasteiger partial charge in [-0.2, -0.15) is 0 Å².